The van der Waals surface area contributed by atoms with Gasteiger partial charge in [-0.1, -0.05) is 6.07 Å². The van der Waals surface area contributed by atoms with Gasteiger partial charge in [-0.15, -0.1) is 0 Å². The quantitative estimate of drug-likeness (QED) is 0.506. The molecule has 25 heavy (non-hydrogen) atoms. The molecule has 1 saturated heterocycles. The predicted octanol–water partition coefficient (Wildman–Crippen LogP) is 1.73. The number of carbonyl (C=O) groups excluding carboxylic acids is 2. The smallest absolute Gasteiger partial charge is 0.399 e. The van der Waals surface area contributed by atoms with Crippen molar-refractivity contribution < 1.29 is 23.6 Å². The van der Waals surface area contributed by atoms with Crippen LogP contribution in [0.4, 0.5) is 10.6 Å². The molecule has 3 heterocycles. The molecule has 1 aliphatic heterocycles. The van der Waals surface area contributed by atoms with Gasteiger partial charge in [-0.2, -0.15) is 0 Å². The number of nitrogens with one attached hydrogen (secondary N) is 1. The van der Waals surface area contributed by atoms with Gasteiger partial charge in [0.05, 0.1) is 17.4 Å². The third-order valence-corrected chi connectivity index (χ3v) is 4.47. The average Bonchev–Trinajstić information content (AvgIpc) is 2.94. The van der Waals surface area contributed by atoms with E-state index in [2.05, 4.69) is 15.0 Å². The Bertz CT molecular complexity index is 829. The van der Waals surface area contributed by atoms with Crippen LogP contribution in [0.1, 0.15) is 34.6 Å². The molecule has 0 spiro atoms. The molecular formula is C16H20BN3O5. The van der Waals surface area contributed by atoms with Gasteiger partial charge in [-0.3, -0.25) is 10.1 Å². The fourth-order valence-electron chi connectivity index (χ4n) is 2.45. The Kier molecular flexibility index (Phi) is 4.08. The Balaban J connectivity index is 1.82. The third-order valence-electron chi connectivity index (χ3n) is 4.47. The van der Waals surface area contributed by atoms with Crippen LogP contribution < -0.4 is 10.8 Å². The summed E-state index contributed by atoms with van der Waals surface area (Å²) in [7, 11) is -0.490. The molecule has 132 valence electrons. The molecule has 9 heteroatoms. The molecule has 0 unspecified atom stereocenters. The lowest BCUT2D eigenvalue weighted by Crippen LogP contribution is -2.41. The minimum Gasteiger partial charge on any atom is -0.399 e. The van der Waals surface area contributed by atoms with E-state index in [1.165, 1.54) is 0 Å². The largest absolute Gasteiger partial charge is 0.496 e. The monoisotopic (exact) mass is 345 g/mol. The van der Waals surface area contributed by atoms with Gasteiger partial charge in [-0.05, 0) is 39.2 Å². The van der Waals surface area contributed by atoms with Crippen molar-refractivity contribution >= 4 is 36.1 Å². The van der Waals surface area contributed by atoms with E-state index >= 15 is 0 Å². The number of pyridine rings is 1. The molecular weight excluding hydrogens is 325 g/mol. The number of carbonyl (C=O) groups is 2. The summed E-state index contributed by atoms with van der Waals surface area (Å²) in [5, 5.41) is 2.40. The number of rotatable bonds is 2. The molecule has 1 aliphatic rings. The maximum absolute atomic E-state index is 11.5. The van der Waals surface area contributed by atoms with Gasteiger partial charge in [0, 0.05) is 13.1 Å². The number of hydrogen-bond acceptors (Lipinski definition) is 6. The fourth-order valence-corrected chi connectivity index (χ4v) is 2.45. The Morgan fingerprint density at radius 3 is 2.40 bits per heavy atom. The minimum atomic E-state index is -0.873. The molecule has 0 aromatic carbocycles. The molecule has 0 aliphatic carbocycles. The average molecular weight is 345 g/mol. The molecule has 0 atom stereocenters. The van der Waals surface area contributed by atoms with Crippen LogP contribution in [-0.4, -0.2) is 39.8 Å². The fraction of sp³-hybridized carbons (Fsp3) is 0.438. The van der Waals surface area contributed by atoms with Crippen LogP contribution in [0.25, 0.3) is 5.65 Å². The Labute approximate surface area is 145 Å². The summed E-state index contributed by atoms with van der Waals surface area (Å²) in [6.07, 6.45) is 2.57. The molecule has 3 rings (SSSR count). The zero-order valence-corrected chi connectivity index (χ0v) is 14.8. The summed E-state index contributed by atoms with van der Waals surface area (Å²) in [4.78, 5) is 26.5. The highest BCUT2D eigenvalue weighted by atomic mass is 16.7. The second kappa shape index (κ2) is 5.85. The summed E-state index contributed by atoms with van der Waals surface area (Å²) < 4.78 is 18.2. The zero-order valence-electron chi connectivity index (χ0n) is 14.8. The second-order valence-electron chi connectivity index (χ2n) is 6.95. The number of imidazole rings is 1. The lowest BCUT2D eigenvalue weighted by molar-refractivity contribution is -0.134. The number of anilines is 1. The maximum Gasteiger partial charge on any atom is 0.496 e. The van der Waals surface area contributed by atoms with Gasteiger partial charge in [-0.25, -0.2) is 9.78 Å². The molecule has 1 N–H and O–H groups in total. The standard InChI is InChI=1S/C16H20BN3O5/c1-10(21)23-14(22)19-12-9-20-8-11(6-7-13(20)18-12)17-24-15(2,3)16(4,5)25-17/h6-9H,1-5H3,(H,19,22). The second-order valence-corrected chi connectivity index (χ2v) is 6.95. The van der Waals surface area contributed by atoms with E-state index < -0.39 is 30.4 Å². The molecule has 1 amide bonds. The topological polar surface area (TPSA) is 91.2 Å². The Morgan fingerprint density at radius 2 is 1.80 bits per heavy atom. The van der Waals surface area contributed by atoms with Crippen LogP contribution in [0.15, 0.2) is 24.5 Å². The van der Waals surface area contributed by atoms with E-state index in [0.29, 0.717) is 5.65 Å². The summed E-state index contributed by atoms with van der Waals surface area (Å²) >= 11 is 0. The van der Waals surface area contributed by atoms with Gasteiger partial charge in [0.2, 0.25) is 0 Å². The molecule has 0 saturated carbocycles. The van der Waals surface area contributed by atoms with Crippen LogP contribution in [-0.2, 0) is 18.8 Å². The number of hydrogen-bond donors (Lipinski definition) is 1. The van der Waals surface area contributed by atoms with Gasteiger partial charge >= 0.3 is 19.2 Å². The summed E-state index contributed by atoms with van der Waals surface area (Å²) in [6, 6.07) is 3.66. The molecule has 2 aromatic rings. The van der Waals surface area contributed by atoms with Crippen molar-refractivity contribution in [3.63, 3.8) is 0 Å². The predicted molar refractivity (Wildman–Crippen MR) is 91.7 cm³/mol. The number of amides is 1. The first-order chi connectivity index (χ1) is 11.6. The summed E-state index contributed by atoms with van der Waals surface area (Å²) in [5.74, 6) is -0.415. The number of ether oxygens (including phenoxy) is 1. The van der Waals surface area contributed by atoms with Gasteiger partial charge in [0.1, 0.15) is 5.65 Å². The Morgan fingerprint density at radius 1 is 1.16 bits per heavy atom. The highest BCUT2D eigenvalue weighted by molar-refractivity contribution is 6.62. The van der Waals surface area contributed by atoms with Crippen LogP contribution in [0, 0.1) is 0 Å². The maximum atomic E-state index is 11.5. The summed E-state index contributed by atoms with van der Waals surface area (Å²) in [6.45, 7) is 9.12. The van der Waals surface area contributed by atoms with E-state index in [4.69, 9.17) is 9.31 Å². The molecule has 1 fully saturated rings. The first kappa shape index (κ1) is 17.4. The summed E-state index contributed by atoms with van der Waals surface area (Å²) in [5.41, 5.74) is 0.606. The minimum absolute atomic E-state index is 0.275. The molecule has 0 radical (unpaired) electrons. The van der Waals surface area contributed by atoms with E-state index in [-0.39, 0.29) is 5.82 Å². The van der Waals surface area contributed by atoms with Crippen molar-refractivity contribution in [2.75, 3.05) is 5.32 Å². The highest BCUT2D eigenvalue weighted by Crippen LogP contribution is 2.36. The van der Waals surface area contributed by atoms with Crippen molar-refractivity contribution in [3.8, 4) is 0 Å². The van der Waals surface area contributed by atoms with Gasteiger partial charge in [0.15, 0.2) is 5.82 Å². The van der Waals surface area contributed by atoms with Gasteiger partial charge < -0.3 is 18.4 Å². The highest BCUT2D eigenvalue weighted by Gasteiger charge is 2.51. The van der Waals surface area contributed by atoms with Crippen LogP contribution in [0.2, 0.25) is 0 Å². The normalized spacial score (nSPS) is 18.4. The van der Waals surface area contributed by atoms with E-state index in [1.54, 1.807) is 16.7 Å². The third kappa shape index (κ3) is 3.38. The van der Waals surface area contributed by atoms with Crippen molar-refractivity contribution in [2.24, 2.45) is 0 Å². The zero-order chi connectivity index (χ0) is 18.4. The van der Waals surface area contributed by atoms with Crippen molar-refractivity contribution in [1.29, 1.82) is 0 Å². The van der Waals surface area contributed by atoms with Crippen molar-refractivity contribution in [2.45, 2.75) is 45.8 Å². The van der Waals surface area contributed by atoms with E-state index in [0.717, 1.165) is 12.4 Å². The van der Waals surface area contributed by atoms with Crippen molar-refractivity contribution in [3.05, 3.63) is 24.5 Å². The number of nitrogens with zero attached hydrogens (tertiary/aromatic N) is 2. The van der Waals surface area contributed by atoms with Crippen molar-refractivity contribution in [1.82, 2.24) is 9.38 Å². The number of fused-ring (bicyclic) bond motifs is 1. The molecule has 2 aromatic heterocycles. The van der Waals surface area contributed by atoms with Crippen LogP contribution in [0.5, 0.6) is 0 Å². The van der Waals surface area contributed by atoms with E-state index in [9.17, 15) is 9.59 Å². The molecule has 0 bridgehead atoms. The van der Waals surface area contributed by atoms with Crippen LogP contribution in [0.3, 0.4) is 0 Å². The number of aromatic nitrogens is 2. The van der Waals surface area contributed by atoms with Crippen LogP contribution >= 0.6 is 0 Å². The molecule has 8 nitrogen and oxygen atoms in total. The lowest BCUT2D eigenvalue weighted by Gasteiger charge is -2.32. The Hall–Kier alpha value is -2.39. The lowest BCUT2D eigenvalue weighted by atomic mass is 9.80. The SMILES string of the molecule is CC(=O)OC(=O)Nc1cn2cc(B3OC(C)(C)C(C)(C)O3)ccc2n1. The van der Waals surface area contributed by atoms with E-state index in [1.807, 2.05) is 40.0 Å². The van der Waals surface area contributed by atoms with Gasteiger partial charge in [0.25, 0.3) is 0 Å². The number of esters is 1. The first-order valence-electron chi connectivity index (χ1n) is 7.91. The first-order valence-corrected chi connectivity index (χ1v) is 7.91.